The number of nitrogens with zero attached hydrogens (tertiary/aromatic N) is 3. The number of ether oxygens (including phenoxy) is 2. The first kappa shape index (κ1) is 15.9. The first-order valence-electron chi connectivity index (χ1n) is 7.53. The highest BCUT2D eigenvalue weighted by Gasteiger charge is 2.18. The van der Waals surface area contributed by atoms with Gasteiger partial charge in [-0.25, -0.2) is 0 Å². The molecule has 6 nitrogen and oxygen atoms in total. The fourth-order valence-electron chi connectivity index (χ4n) is 2.47. The Morgan fingerprint density at radius 1 is 1.00 bits per heavy atom. The van der Waals surface area contributed by atoms with Crippen LogP contribution >= 0.6 is 0 Å². The van der Waals surface area contributed by atoms with Gasteiger partial charge < -0.3 is 18.9 Å². The lowest BCUT2D eigenvalue weighted by atomic mass is 10.2. The summed E-state index contributed by atoms with van der Waals surface area (Å²) in [5, 5.41) is 4.07. The van der Waals surface area contributed by atoms with E-state index < -0.39 is 0 Å². The molecule has 3 rings (SSSR count). The molecule has 2 aromatic carbocycles. The molecule has 0 atom stereocenters. The number of para-hydroxylation sites is 1. The maximum atomic E-state index is 5.43. The summed E-state index contributed by atoms with van der Waals surface area (Å²) >= 11 is 0. The van der Waals surface area contributed by atoms with Gasteiger partial charge in [-0.2, -0.15) is 4.98 Å². The zero-order chi connectivity index (χ0) is 16.9. The van der Waals surface area contributed by atoms with Gasteiger partial charge in [-0.15, -0.1) is 0 Å². The van der Waals surface area contributed by atoms with Crippen molar-refractivity contribution in [3.05, 3.63) is 54.1 Å². The summed E-state index contributed by atoms with van der Waals surface area (Å²) in [6.07, 6.45) is 0. The summed E-state index contributed by atoms with van der Waals surface area (Å²) < 4.78 is 16.1. The standard InChI is InChI=1S/C18H19N3O3/c1-21(12-13-8-5-4-6-9-13)18-19-17(20-24-18)14-10-7-11-15(22-2)16(14)23-3/h4-11H,12H2,1-3H3. The second kappa shape index (κ2) is 7.04. The van der Waals surface area contributed by atoms with Crippen LogP contribution in [0.5, 0.6) is 11.5 Å². The third-order valence-corrected chi connectivity index (χ3v) is 3.65. The maximum absolute atomic E-state index is 5.43. The summed E-state index contributed by atoms with van der Waals surface area (Å²) in [6, 6.07) is 16.1. The fourth-order valence-corrected chi connectivity index (χ4v) is 2.47. The van der Waals surface area contributed by atoms with E-state index in [1.54, 1.807) is 14.2 Å². The van der Waals surface area contributed by atoms with Gasteiger partial charge in [0.05, 0.1) is 19.8 Å². The molecule has 0 fully saturated rings. The second-order valence-electron chi connectivity index (χ2n) is 5.28. The molecule has 0 saturated carbocycles. The lowest BCUT2D eigenvalue weighted by molar-refractivity contribution is 0.355. The zero-order valence-electron chi connectivity index (χ0n) is 13.9. The van der Waals surface area contributed by atoms with Gasteiger partial charge in [0, 0.05) is 13.6 Å². The molecule has 0 aliphatic heterocycles. The van der Waals surface area contributed by atoms with E-state index in [-0.39, 0.29) is 0 Å². The number of benzene rings is 2. The normalized spacial score (nSPS) is 10.5. The van der Waals surface area contributed by atoms with E-state index in [1.807, 2.05) is 48.3 Å². The van der Waals surface area contributed by atoms with Crippen molar-refractivity contribution < 1.29 is 14.0 Å². The molecule has 124 valence electrons. The molecule has 0 unspecified atom stereocenters. The van der Waals surface area contributed by atoms with E-state index in [0.29, 0.717) is 29.9 Å². The topological polar surface area (TPSA) is 60.6 Å². The van der Waals surface area contributed by atoms with E-state index in [0.717, 1.165) is 5.56 Å². The van der Waals surface area contributed by atoms with Crippen molar-refractivity contribution in [3.8, 4) is 22.9 Å². The highest BCUT2D eigenvalue weighted by atomic mass is 16.5. The van der Waals surface area contributed by atoms with Crippen LogP contribution in [0.15, 0.2) is 53.1 Å². The van der Waals surface area contributed by atoms with Crippen molar-refractivity contribution >= 4 is 6.01 Å². The first-order valence-corrected chi connectivity index (χ1v) is 7.53. The average Bonchev–Trinajstić information content (AvgIpc) is 3.12. The van der Waals surface area contributed by atoms with Gasteiger partial charge in [-0.3, -0.25) is 0 Å². The van der Waals surface area contributed by atoms with Gasteiger partial charge in [0.2, 0.25) is 5.82 Å². The fraction of sp³-hybridized carbons (Fsp3) is 0.222. The summed E-state index contributed by atoms with van der Waals surface area (Å²) in [6.45, 7) is 0.678. The van der Waals surface area contributed by atoms with Gasteiger partial charge in [0.15, 0.2) is 11.5 Å². The molecule has 1 aromatic heterocycles. The van der Waals surface area contributed by atoms with E-state index in [2.05, 4.69) is 22.3 Å². The van der Waals surface area contributed by atoms with Crippen molar-refractivity contribution in [2.75, 3.05) is 26.2 Å². The third kappa shape index (κ3) is 3.17. The number of hydrogen-bond acceptors (Lipinski definition) is 6. The lowest BCUT2D eigenvalue weighted by Crippen LogP contribution is -2.16. The molecule has 1 heterocycles. The second-order valence-corrected chi connectivity index (χ2v) is 5.28. The quantitative estimate of drug-likeness (QED) is 0.692. The first-order chi connectivity index (χ1) is 11.7. The van der Waals surface area contributed by atoms with Crippen LogP contribution in [0.4, 0.5) is 6.01 Å². The van der Waals surface area contributed by atoms with Crippen LogP contribution in [0.1, 0.15) is 5.56 Å². The molecular formula is C18H19N3O3. The monoisotopic (exact) mass is 325 g/mol. The highest BCUT2D eigenvalue weighted by molar-refractivity contribution is 5.69. The molecule has 0 amide bonds. The lowest BCUT2D eigenvalue weighted by Gasteiger charge is -2.13. The summed E-state index contributed by atoms with van der Waals surface area (Å²) in [5.74, 6) is 1.66. The van der Waals surface area contributed by atoms with Crippen LogP contribution in [0.2, 0.25) is 0 Å². The number of anilines is 1. The maximum Gasteiger partial charge on any atom is 0.324 e. The van der Waals surface area contributed by atoms with Crippen LogP contribution in [0.25, 0.3) is 11.4 Å². The summed E-state index contributed by atoms with van der Waals surface area (Å²) in [4.78, 5) is 6.37. The minimum absolute atomic E-state index is 0.443. The van der Waals surface area contributed by atoms with Gasteiger partial charge >= 0.3 is 6.01 Å². The molecule has 6 heteroatoms. The zero-order valence-corrected chi connectivity index (χ0v) is 13.9. The molecule has 0 spiro atoms. The largest absolute Gasteiger partial charge is 0.493 e. The van der Waals surface area contributed by atoms with Crippen molar-refractivity contribution in [1.29, 1.82) is 0 Å². The molecule has 0 aliphatic carbocycles. The predicted octanol–water partition coefficient (Wildman–Crippen LogP) is 3.39. The average molecular weight is 325 g/mol. The van der Waals surface area contributed by atoms with Crippen LogP contribution in [0.3, 0.4) is 0 Å². The van der Waals surface area contributed by atoms with Crippen molar-refractivity contribution in [3.63, 3.8) is 0 Å². The molecule has 0 saturated heterocycles. The van der Waals surface area contributed by atoms with Crippen LogP contribution in [0, 0.1) is 0 Å². The van der Waals surface area contributed by atoms with Gasteiger partial charge in [0.1, 0.15) is 0 Å². The van der Waals surface area contributed by atoms with E-state index in [9.17, 15) is 0 Å². The minimum atomic E-state index is 0.443. The Balaban J connectivity index is 1.86. The van der Waals surface area contributed by atoms with E-state index in [4.69, 9.17) is 14.0 Å². The van der Waals surface area contributed by atoms with Crippen molar-refractivity contribution in [2.45, 2.75) is 6.54 Å². The van der Waals surface area contributed by atoms with Crippen molar-refractivity contribution in [2.24, 2.45) is 0 Å². The Bertz CT molecular complexity index is 802. The van der Waals surface area contributed by atoms with Gasteiger partial charge in [-0.1, -0.05) is 41.6 Å². The smallest absolute Gasteiger partial charge is 0.324 e. The molecule has 0 aliphatic rings. The third-order valence-electron chi connectivity index (χ3n) is 3.65. The number of rotatable bonds is 6. The number of methoxy groups -OCH3 is 2. The highest BCUT2D eigenvalue weighted by Crippen LogP contribution is 2.36. The molecule has 0 N–H and O–H groups in total. The molecule has 3 aromatic rings. The van der Waals surface area contributed by atoms with Gasteiger partial charge in [0.25, 0.3) is 0 Å². The van der Waals surface area contributed by atoms with Crippen molar-refractivity contribution in [1.82, 2.24) is 10.1 Å². The number of aromatic nitrogens is 2. The van der Waals surface area contributed by atoms with Gasteiger partial charge in [-0.05, 0) is 17.7 Å². The molecule has 24 heavy (non-hydrogen) atoms. The minimum Gasteiger partial charge on any atom is -0.493 e. The van der Waals surface area contributed by atoms with E-state index in [1.165, 1.54) is 5.56 Å². The Hall–Kier alpha value is -3.02. The predicted molar refractivity (Wildman–Crippen MR) is 91.4 cm³/mol. The molecular weight excluding hydrogens is 306 g/mol. The summed E-state index contributed by atoms with van der Waals surface area (Å²) in [5.41, 5.74) is 1.89. The molecule has 0 radical (unpaired) electrons. The molecule has 0 bridgehead atoms. The Kier molecular flexibility index (Phi) is 4.65. The van der Waals surface area contributed by atoms with Crippen LogP contribution < -0.4 is 14.4 Å². The Labute approximate surface area is 140 Å². The number of hydrogen-bond donors (Lipinski definition) is 0. The summed E-state index contributed by atoms with van der Waals surface area (Å²) in [7, 11) is 5.09. The van der Waals surface area contributed by atoms with Crippen LogP contribution in [-0.2, 0) is 6.54 Å². The van der Waals surface area contributed by atoms with Crippen LogP contribution in [-0.4, -0.2) is 31.4 Å². The SMILES string of the molecule is COc1cccc(-c2noc(N(C)Cc3ccccc3)n2)c1OC. The van der Waals surface area contributed by atoms with E-state index >= 15 is 0 Å². The Morgan fingerprint density at radius 3 is 2.50 bits per heavy atom. The Morgan fingerprint density at radius 2 is 1.79 bits per heavy atom.